The van der Waals surface area contributed by atoms with E-state index >= 15 is 0 Å². The minimum absolute atomic E-state index is 0.589. The highest BCUT2D eigenvalue weighted by molar-refractivity contribution is 7.87. The smallest absolute Gasteiger partial charge is 0.197 e. The fourth-order valence-corrected chi connectivity index (χ4v) is 1.56. The summed E-state index contributed by atoms with van der Waals surface area (Å²) < 4.78 is 51.7. The Morgan fingerprint density at radius 1 is 1.31 bits per heavy atom. The van der Waals surface area contributed by atoms with Gasteiger partial charge < -0.3 is 0 Å². The molecule has 2 N–H and O–H groups in total. The third-order valence-corrected chi connectivity index (χ3v) is 3.04. The average Bonchev–Trinajstić information content (AvgIpc) is 2.29. The highest BCUT2D eigenvalue weighted by Gasteiger charge is 2.48. The van der Waals surface area contributed by atoms with Crippen molar-refractivity contribution in [3.63, 3.8) is 0 Å². The van der Waals surface area contributed by atoms with E-state index < -0.39 is 20.9 Å². The van der Waals surface area contributed by atoms with Gasteiger partial charge in [-0.15, -0.1) is 0 Å². The molecule has 0 unspecified atom stereocenters. The van der Waals surface area contributed by atoms with Crippen molar-refractivity contribution in [3.05, 3.63) is 42.0 Å². The van der Waals surface area contributed by atoms with Gasteiger partial charge in [0, 0.05) is 5.56 Å². The summed E-state index contributed by atoms with van der Waals surface area (Å²) in [7, 11) is -5.15. The highest BCUT2D eigenvalue weighted by atomic mass is 32.2. The van der Waals surface area contributed by atoms with E-state index in [4.69, 9.17) is 0 Å². The van der Waals surface area contributed by atoms with Crippen LogP contribution in [0.5, 0.6) is 0 Å². The molecule has 4 nitrogen and oxygen atoms in total. The SMILES string of the molecule is C=Cc1ccc(C(F)(F)S(=O)(=O)ON)cc1. The molecule has 1 aromatic rings. The predicted molar refractivity (Wildman–Crippen MR) is 54.6 cm³/mol. The predicted octanol–water partition coefficient (Wildman–Crippen LogP) is 1.60. The minimum Gasteiger partial charge on any atom is -0.197 e. The van der Waals surface area contributed by atoms with E-state index in [2.05, 4.69) is 16.8 Å². The summed E-state index contributed by atoms with van der Waals surface area (Å²) in [4.78, 5) is 0. The summed E-state index contributed by atoms with van der Waals surface area (Å²) in [5, 5.41) is -4.18. The van der Waals surface area contributed by atoms with E-state index in [-0.39, 0.29) is 0 Å². The lowest BCUT2D eigenvalue weighted by molar-refractivity contribution is 0.0713. The van der Waals surface area contributed by atoms with Crippen LogP contribution in [0.15, 0.2) is 30.8 Å². The van der Waals surface area contributed by atoms with E-state index in [1.165, 1.54) is 18.2 Å². The standard InChI is InChI=1S/C9H9F2NO3S/c1-2-7-3-5-8(6-4-7)9(10,11)16(13,14)15-12/h2-6H,1,12H2. The first kappa shape index (κ1) is 12.8. The molecule has 0 fully saturated rings. The summed E-state index contributed by atoms with van der Waals surface area (Å²) in [5.74, 6) is 4.30. The maximum absolute atomic E-state index is 13.4. The van der Waals surface area contributed by atoms with Crippen LogP contribution in [0.4, 0.5) is 8.78 Å². The molecule has 0 amide bonds. The van der Waals surface area contributed by atoms with Crippen LogP contribution >= 0.6 is 0 Å². The molecule has 0 aliphatic rings. The minimum atomic E-state index is -5.15. The molecule has 16 heavy (non-hydrogen) atoms. The Kier molecular flexibility index (Phi) is 3.41. The van der Waals surface area contributed by atoms with Gasteiger partial charge >= 0.3 is 15.4 Å². The average molecular weight is 249 g/mol. The highest BCUT2D eigenvalue weighted by Crippen LogP contribution is 2.34. The second-order valence-corrected chi connectivity index (χ2v) is 4.51. The number of rotatable bonds is 4. The molecule has 0 saturated carbocycles. The second kappa shape index (κ2) is 4.28. The quantitative estimate of drug-likeness (QED) is 0.823. The molecule has 7 heteroatoms. The topological polar surface area (TPSA) is 69.4 Å². The molecule has 0 heterocycles. The first-order valence-corrected chi connectivity index (χ1v) is 5.49. The van der Waals surface area contributed by atoms with Crippen LogP contribution < -0.4 is 5.90 Å². The van der Waals surface area contributed by atoms with Crippen molar-refractivity contribution in [2.75, 3.05) is 0 Å². The molecular formula is C9H9F2NO3S. The van der Waals surface area contributed by atoms with Gasteiger partial charge in [0.2, 0.25) is 0 Å². The Bertz CT molecular complexity index is 482. The molecule has 0 aromatic heterocycles. The van der Waals surface area contributed by atoms with Crippen LogP contribution in [0.2, 0.25) is 0 Å². The molecule has 1 aromatic carbocycles. The number of nitrogens with two attached hydrogens (primary N) is 1. The first-order chi connectivity index (χ1) is 7.35. The summed E-state index contributed by atoms with van der Waals surface area (Å²) in [6, 6.07) is 4.55. The monoisotopic (exact) mass is 249 g/mol. The van der Waals surface area contributed by atoms with Crippen LogP contribution in [0, 0.1) is 0 Å². The maximum Gasteiger partial charge on any atom is 0.396 e. The number of benzene rings is 1. The zero-order valence-corrected chi connectivity index (χ0v) is 8.88. The van der Waals surface area contributed by atoms with E-state index in [0.717, 1.165) is 12.1 Å². The Hall–Kier alpha value is -1.31. The van der Waals surface area contributed by atoms with Gasteiger partial charge in [-0.1, -0.05) is 36.9 Å². The lowest BCUT2D eigenvalue weighted by Crippen LogP contribution is -2.30. The normalized spacial score (nSPS) is 12.4. The van der Waals surface area contributed by atoms with E-state index in [1.807, 2.05) is 0 Å². The Morgan fingerprint density at radius 3 is 2.19 bits per heavy atom. The van der Waals surface area contributed by atoms with Crippen molar-refractivity contribution in [3.8, 4) is 0 Å². The van der Waals surface area contributed by atoms with Crippen LogP contribution in [0.3, 0.4) is 0 Å². The van der Waals surface area contributed by atoms with Gasteiger partial charge in [-0.3, -0.25) is 0 Å². The summed E-state index contributed by atoms with van der Waals surface area (Å²) in [6.45, 7) is 3.44. The van der Waals surface area contributed by atoms with E-state index in [9.17, 15) is 17.2 Å². The van der Waals surface area contributed by atoms with Crippen molar-refractivity contribution >= 4 is 16.2 Å². The zero-order chi connectivity index (χ0) is 12.4. The van der Waals surface area contributed by atoms with Crippen molar-refractivity contribution in [2.45, 2.75) is 5.25 Å². The molecule has 0 radical (unpaired) electrons. The summed E-state index contributed by atoms with van der Waals surface area (Å²) in [5.41, 5.74) is -0.130. The Morgan fingerprint density at radius 2 is 1.81 bits per heavy atom. The summed E-state index contributed by atoms with van der Waals surface area (Å²) in [6.07, 6.45) is 1.44. The van der Waals surface area contributed by atoms with Gasteiger partial charge in [-0.2, -0.15) is 27.4 Å². The van der Waals surface area contributed by atoms with Crippen LogP contribution in [-0.4, -0.2) is 8.42 Å². The van der Waals surface area contributed by atoms with Crippen LogP contribution in [0.1, 0.15) is 11.1 Å². The fourth-order valence-electron chi connectivity index (χ4n) is 1.02. The van der Waals surface area contributed by atoms with Gasteiger partial charge in [-0.25, -0.2) is 0 Å². The lowest BCUT2D eigenvalue weighted by atomic mass is 10.1. The zero-order valence-electron chi connectivity index (χ0n) is 8.06. The number of hydrogen-bond donors (Lipinski definition) is 1. The van der Waals surface area contributed by atoms with Crippen LogP contribution in [-0.2, 0) is 19.7 Å². The Labute approximate surface area is 91.4 Å². The summed E-state index contributed by atoms with van der Waals surface area (Å²) >= 11 is 0. The molecule has 1 rings (SSSR count). The van der Waals surface area contributed by atoms with Gasteiger partial charge in [0.15, 0.2) is 0 Å². The molecule has 0 aliphatic carbocycles. The van der Waals surface area contributed by atoms with E-state index in [1.54, 1.807) is 0 Å². The van der Waals surface area contributed by atoms with Crippen molar-refractivity contribution in [2.24, 2.45) is 5.90 Å². The third-order valence-electron chi connectivity index (χ3n) is 1.92. The second-order valence-electron chi connectivity index (χ2n) is 2.89. The van der Waals surface area contributed by atoms with Gasteiger partial charge in [0.25, 0.3) is 0 Å². The van der Waals surface area contributed by atoms with Crippen molar-refractivity contribution < 1.29 is 21.5 Å². The first-order valence-electron chi connectivity index (χ1n) is 4.09. The van der Waals surface area contributed by atoms with Crippen molar-refractivity contribution in [1.82, 2.24) is 0 Å². The Balaban J connectivity index is 3.22. The molecular weight excluding hydrogens is 240 g/mol. The van der Waals surface area contributed by atoms with Gasteiger partial charge in [-0.05, 0) is 5.56 Å². The lowest BCUT2D eigenvalue weighted by Gasteiger charge is -2.14. The van der Waals surface area contributed by atoms with E-state index in [0.29, 0.717) is 5.56 Å². The van der Waals surface area contributed by atoms with Crippen molar-refractivity contribution in [1.29, 1.82) is 0 Å². The van der Waals surface area contributed by atoms with Gasteiger partial charge in [0.05, 0.1) is 0 Å². The third kappa shape index (κ3) is 2.11. The molecule has 0 saturated heterocycles. The van der Waals surface area contributed by atoms with Gasteiger partial charge in [0.1, 0.15) is 0 Å². The largest absolute Gasteiger partial charge is 0.396 e. The molecule has 0 spiro atoms. The molecule has 0 atom stereocenters. The number of halogens is 2. The fraction of sp³-hybridized carbons (Fsp3) is 0.111. The van der Waals surface area contributed by atoms with Crippen LogP contribution in [0.25, 0.3) is 6.08 Å². The maximum atomic E-state index is 13.4. The number of alkyl halides is 2. The number of hydrogen-bond acceptors (Lipinski definition) is 4. The molecule has 88 valence electrons. The molecule has 0 bridgehead atoms. The molecule has 0 aliphatic heterocycles.